The third-order valence-electron chi connectivity index (χ3n) is 4.98. The number of nitrogens with one attached hydrogen (secondary N) is 1. The summed E-state index contributed by atoms with van der Waals surface area (Å²) in [5.74, 6) is 1.87. The van der Waals surface area contributed by atoms with Crippen molar-refractivity contribution in [1.29, 1.82) is 0 Å². The van der Waals surface area contributed by atoms with Gasteiger partial charge in [0.05, 0.1) is 30.9 Å². The van der Waals surface area contributed by atoms with Gasteiger partial charge in [-0.3, -0.25) is 9.36 Å². The molecule has 4 aromatic rings. The number of aromatic nitrogens is 3. The Morgan fingerprint density at radius 2 is 2.00 bits per heavy atom. The molecule has 0 fully saturated rings. The van der Waals surface area contributed by atoms with Crippen molar-refractivity contribution in [3.05, 3.63) is 77.2 Å². The number of benzene rings is 2. The van der Waals surface area contributed by atoms with Crippen LogP contribution in [0.5, 0.6) is 5.75 Å². The van der Waals surface area contributed by atoms with Crippen molar-refractivity contribution in [2.45, 2.75) is 30.8 Å². The molecule has 0 saturated heterocycles. The average Bonchev–Trinajstić information content (AvgIpc) is 3.45. The quantitative estimate of drug-likeness (QED) is 0.325. The number of carbonyl (C=O) groups is 1. The molecule has 2 aromatic heterocycles. The van der Waals surface area contributed by atoms with Gasteiger partial charge in [0.25, 0.3) is 0 Å². The number of furan rings is 1. The summed E-state index contributed by atoms with van der Waals surface area (Å²) in [7, 11) is 1.58. The molecule has 4 rings (SSSR count). The van der Waals surface area contributed by atoms with Crippen LogP contribution in [0, 0.1) is 6.92 Å². The molecule has 0 aliphatic heterocycles. The first-order chi connectivity index (χ1) is 15.9. The molecular formula is C24H23ClN4O3S. The van der Waals surface area contributed by atoms with Gasteiger partial charge in [0, 0.05) is 10.6 Å². The zero-order chi connectivity index (χ0) is 23.4. The predicted molar refractivity (Wildman–Crippen MR) is 130 cm³/mol. The summed E-state index contributed by atoms with van der Waals surface area (Å²) in [6.07, 6.45) is 1.62. The largest absolute Gasteiger partial charge is 0.495 e. The summed E-state index contributed by atoms with van der Waals surface area (Å²) in [5.41, 5.74) is 2.53. The first-order valence-electron chi connectivity index (χ1n) is 10.3. The zero-order valence-corrected chi connectivity index (χ0v) is 20.0. The number of amides is 1. The fourth-order valence-electron chi connectivity index (χ4n) is 3.25. The highest BCUT2D eigenvalue weighted by Crippen LogP contribution is 2.30. The van der Waals surface area contributed by atoms with E-state index < -0.39 is 5.25 Å². The summed E-state index contributed by atoms with van der Waals surface area (Å²) in [4.78, 5) is 13.0. The average molecular weight is 483 g/mol. The van der Waals surface area contributed by atoms with Crippen molar-refractivity contribution in [2.24, 2.45) is 0 Å². The summed E-state index contributed by atoms with van der Waals surface area (Å²) in [5, 5.41) is 12.5. The lowest BCUT2D eigenvalue weighted by Crippen LogP contribution is -2.23. The first-order valence-corrected chi connectivity index (χ1v) is 11.5. The zero-order valence-electron chi connectivity index (χ0n) is 18.4. The van der Waals surface area contributed by atoms with E-state index in [9.17, 15) is 4.79 Å². The van der Waals surface area contributed by atoms with Gasteiger partial charge in [-0.05, 0) is 67.9 Å². The normalized spacial score (nSPS) is 11.9. The monoisotopic (exact) mass is 482 g/mol. The molecule has 0 aliphatic carbocycles. The molecule has 170 valence electrons. The molecule has 2 aromatic carbocycles. The Morgan fingerprint density at radius 3 is 2.70 bits per heavy atom. The van der Waals surface area contributed by atoms with Gasteiger partial charge in [0.15, 0.2) is 11.0 Å². The molecule has 0 radical (unpaired) electrons. The van der Waals surface area contributed by atoms with Gasteiger partial charge in [0.1, 0.15) is 11.5 Å². The van der Waals surface area contributed by atoms with Gasteiger partial charge in [-0.15, -0.1) is 10.2 Å². The van der Waals surface area contributed by atoms with Crippen molar-refractivity contribution in [2.75, 3.05) is 12.4 Å². The smallest absolute Gasteiger partial charge is 0.237 e. The SMILES string of the molecule is COc1ccc(C)cc1NC(=O)C(C)Sc1nnc(-c2ccc(Cl)cc2)n1Cc1ccco1. The lowest BCUT2D eigenvalue weighted by Gasteiger charge is -2.15. The maximum Gasteiger partial charge on any atom is 0.237 e. The number of hydrogen-bond donors (Lipinski definition) is 1. The lowest BCUT2D eigenvalue weighted by molar-refractivity contribution is -0.115. The molecule has 0 bridgehead atoms. The highest BCUT2D eigenvalue weighted by molar-refractivity contribution is 8.00. The van der Waals surface area contributed by atoms with E-state index in [1.54, 1.807) is 25.5 Å². The van der Waals surface area contributed by atoms with Crippen LogP contribution in [0.15, 0.2) is 70.4 Å². The number of anilines is 1. The second-order valence-corrected chi connectivity index (χ2v) is 9.18. The maximum atomic E-state index is 13.0. The lowest BCUT2D eigenvalue weighted by atomic mass is 10.2. The molecule has 2 heterocycles. The number of carbonyl (C=O) groups excluding carboxylic acids is 1. The number of rotatable bonds is 8. The van der Waals surface area contributed by atoms with Gasteiger partial charge >= 0.3 is 0 Å². The Morgan fingerprint density at radius 1 is 1.21 bits per heavy atom. The van der Waals surface area contributed by atoms with Crippen molar-refractivity contribution < 1.29 is 13.9 Å². The van der Waals surface area contributed by atoms with Crippen LogP contribution in [-0.4, -0.2) is 33.0 Å². The molecule has 0 aliphatic rings. The number of methoxy groups -OCH3 is 1. The summed E-state index contributed by atoms with van der Waals surface area (Å²) in [6.45, 7) is 4.22. The minimum Gasteiger partial charge on any atom is -0.495 e. The number of hydrogen-bond acceptors (Lipinski definition) is 6. The topological polar surface area (TPSA) is 82.2 Å². The van der Waals surface area contributed by atoms with Crippen LogP contribution in [-0.2, 0) is 11.3 Å². The Labute approximate surface area is 201 Å². The van der Waals surface area contributed by atoms with Crippen molar-refractivity contribution in [1.82, 2.24) is 14.8 Å². The van der Waals surface area contributed by atoms with Gasteiger partial charge in [0.2, 0.25) is 5.91 Å². The molecule has 7 nitrogen and oxygen atoms in total. The van der Waals surface area contributed by atoms with Crippen molar-refractivity contribution in [3.8, 4) is 17.1 Å². The maximum absolute atomic E-state index is 13.0. The molecule has 33 heavy (non-hydrogen) atoms. The van der Waals surface area contributed by atoms with Crippen LogP contribution in [0.1, 0.15) is 18.2 Å². The third kappa shape index (κ3) is 5.40. The van der Waals surface area contributed by atoms with E-state index in [1.165, 1.54) is 11.8 Å². The van der Waals surface area contributed by atoms with Crippen LogP contribution in [0.2, 0.25) is 5.02 Å². The molecule has 1 atom stereocenters. The van der Waals surface area contributed by atoms with Crippen LogP contribution in [0.3, 0.4) is 0 Å². The van der Waals surface area contributed by atoms with E-state index in [-0.39, 0.29) is 5.91 Å². The van der Waals surface area contributed by atoms with Gasteiger partial charge < -0.3 is 14.5 Å². The van der Waals surface area contributed by atoms with Crippen LogP contribution >= 0.6 is 23.4 Å². The van der Waals surface area contributed by atoms with Crippen LogP contribution in [0.25, 0.3) is 11.4 Å². The number of thioether (sulfide) groups is 1. The molecule has 1 N–H and O–H groups in total. The Balaban J connectivity index is 1.58. The molecule has 0 spiro atoms. The first kappa shape index (κ1) is 22.9. The fraction of sp³-hybridized carbons (Fsp3) is 0.208. The van der Waals surface area contributed by atoms with E-state index in [2.05, 4.69) is 15.5 Å². The second-order valence-electron chi connectivity index (χ2n) is 7.43. The van der Waals surface area contributed by atoms with E-state index in [1.807, 2.05) is 60.9 Å². The molecular weight excluding hydrogens is 460 g/mol. The predicted octanol–water partition coefficient (Wildman–Crippen LogP) is 5.68. The molecule has 0 saturated carbocycles. The summed E-state index contributed by atoms with van der Waals surface area (Å²) in [6, 6.07) is 16.8. The van der Waals surface area contributed by atoms with Crippen molar-refractivity contribution in [3.63, 3.8) is 0 Å². The fourth-order valence-corrected chi connectivity index (χ4v) is 4.23. The number of halogens is 1. The standard InChI is InChI=1S/C24H23ClN4O3S/c1-15-6-11-21(31-3)20(13-15)26-23(30)16(2)33-24-28-27-22(17-7-9-18(25)10-8-17)29(24)14-19-5-4-12-32-19/h4-13,16H,14H2,1-3H3,(H,26,30). The van der Waals surface area contributed by atoms with Gasteiger partial charge in [-0.1, -0.05) is 29.4 Å². The van der Waals surface area contributed by atoms with E-state index in [4.69, 9.17) is 20.8 Å². The Kier molecular flexibility index (Phi) is 7.05. The number of nitrogens with zero attached hydrogens (tertiary/aromatic N) is 3. The van der Waals surface area contributed by atoms with Crippen molar-refractivity contribution >= 4 is 35.0 Å². The summed E-state index contributed by atoms with van der Waals surface area (Å²) >= 11 is 7.37. The molecule has 1 amide bonds. The molecule has 1 unspecified atom stereocenters. The van der Waals surface area contributed by atoms with E-state index >= 15 is 0 Å². The van der Waals surface area contributed by atoms with Crippen LogP contribution in [0.4, 0.5) is 5.69 Å². The molecule has 9 heteroatoms. The van der Waals surface area contributed by atoms with Gasteiger partial charge in [-0.2, -0.15) is 0 Å². The minimum atomic E-state index is -0.437. The van der Waals surface area contributed by atoms with Gasteiger partial charge in [-0.25, -0.2) is 0 Å². The van der Waals surface area contributed by atoms with Crippen LogP contribution < -0.4 is 10.1 Å². The highest BCUT2D eigenvalue weighted by atomic mass is 35.5. The second kappa shape index (κ2) is 10.1. The number of ether oxygens (including phenoxy) is 1. The highest BCUT2D eigenvalue weighted by Gasteiger charge is 2.22. The summed E-state index contributed by atoms with van der Waals surface area (Å²) < 4.78 is 12.8. The van der Waals surface area contributed by atoms with E-state index in [0.29, 0.717) is 34.0 Å². The minimum absolute atomic E-state index is 0.163. The van der Waals surface area contributed by atoms with E-state index in [0.717, 1.165) is 16.9 Å². The Bertz CT molecular complexity index is 1240. The number of aryl methyl sites for hydroxylation is 1. The third-order valence-corrected chi connectivity index (χ3v) is 6.31. The Hall–Kier alpha value is -3.23.